The van der Waals surface area contributed by atoms with Gasteiger partial charge in [0, 0.05) is 32.8 Å². The fraction of sp³-hybridized carbons (Fsp3) is 0.500. The first kappa shape index (κ1) is 14.6. The zero-order chi connectivity index (χ0) is 15.9. The SMILES string of the molecule is Cc1cc2nc(NC(=O)N3CCC3CO)cc(N(C)C)n2n1. The first-order valence-electron chi connectivity index (χ1n) is 7.23. The van der Waals surface area contributed by atoms with Gasteiger partial charge < -0.3 is 14.9 Å². The molecule has 2 aromatic rings. The van der Waals surface area contributed by atoms with Crippen molar-refractivity contribution in [3.05, 3.63) is 17.8 Å². The van der Waals surface area contributed by atoms with Gasteiger partial charge in [-0.1, -0.05) is 0 Å². The molecule has 1 atom stereocenters. The predicted molar refractivity (Wildman–Crippen MR) is 83.3 cm³/mol. The summed E-state index contributed by atoms with van der Waals surface area (Å²) in [6.45, 7) is 2.55. The Morgan fingerprint density at radius 2 is 2.27 bits per heavy atom. The average Bonchev–Trinajstić information content (AvgIpc) is 2.76. The highest BCUT2D eigenvalue weighted by atomic mass is 16.3. The molecule has 1 saturated heterocycles. The number of fused-ring (bicyclic) bond motifs is 1. The Balaban J connectivity index is 1.89. The van der Waals surface area contributed by atoms with Crippen LogP contribution in [-0.4, -0.2) is 63.9 Å². The van der Waals surface area contributed by atoms with Gasteiger partial charge in [0.15, 0.2) is 5.65 Å². The minimum absolute atomic E-state index is 0.00928. The third kappa shape index (κ3) is 2.45. The second kappa shape index (κ2) is 5.45. The lowest BCUT2D eigenvalue weighted by atomic mass is 10.1. The third-order valence-electron chi connectivity index (χ3n) is 3.84. The highest BCUT2D eigenvalue weighted by Gasteiger charge is 2.31. The Morgan fingerprint density at radius 3 is 2.86 bits per heavy atom. The van der Waals surface area contributed by atoms with Crippen molar-refractivity contribution in [3.63, 3.8) is 0 Å². The normalized spacial score (nSPS) is 17.5. The van der Waals surface area contributed by atoms with Crippen LogP contribution in [0, 0.1) is 6.92 Å². The number of amides is 2. The van der Waals surface area contributed by atoms with Gasteiger partial charge in [0.25, 0.3) is 0 Å². The van der Waals surface area contributed by atoms with Crippen LogP contribution in [0.1, 0.15) is 12.1 Å². The van der Waals surface area contributed by atoms with E-state index in [2.05, 4.69) is 15.4 Å². The van der Waals surface area contributed by atoms with Crippen LogP contribution in [0.4, 0.5) is 16.4 Å². The maximum Gasteiger partial charge on any atom is 0.323 e. The molecule has 118 valence electrons. The van der Waals surface area contributed by atoms with E-state index in [1.165, 1.54) is 0 Å². The summed E-state index contributed by atoms with van der Waals surface area (Å²) < 4.78 is 1.74. The molecule has 8 nitrogen and oxygen atoms in total. The number of aryl methyl sites for hydroxylation is 1. The van der Waals surface area contributed by atoms with Gasteiger partial charge in [-0.3, -0.25) is 5.32 Å². The Bertz CT molecular complexity index is 709. The first-order valence-corrected chi connectivity index (χ1v) is 7.23. The summed E-state index contributed by atoms with van der Waals surface area (Å²) in [5, 5.41) is 16.4. The van der Waals surface area contributed by atoms with Crippen molar-refractivity contribution in [1.29, 1.82) is 0 Å². The summed E-state index contributed by atoms with van der Waals surface area (Å²) in [6, 6.07) is 3.32. The maximum absolute atomic E-state index is 12.2. The van der Waals surface area contributed by atoms with Gasteiger partial charge in [-0.15, -0.1) is 0 Å². The Morgan fingerprint density at radius 1 is 1.50 bits per heavy atom. The quantitative estimate of drug-likeness (QED) is 0.872. The molecule has 0 radical (unpaired) electrons. The fourth-order valence-corrected chi connectivity index (χ4v) is 2.54. The van der Waals surface area contributed by atoms with Gasteiger partial charge in [0.05, 0.1) is 18.3 Å². The number of carbonyl (C=O) groups is 1. The fourth-order valence-electron chi connectivity index (χ4n) is 2.54. The number of hydrogen-bond acceptors (Lipinski definition) is 5. The number of rotatable bonds is 3. The smallest absolute Gasteiger partial charge is 0.323 e. The van der Waals surface area contributed by atoms with E-state index in [1.807, 2.05) is 32.0 Å². The van der Waals surface area contributed by atoms with Crippen LogP contribution in [-0.2, 0) is 0 Å². The lowest BCUT2D eigenvalue weighted by molar-refractivity contribution is 0.0770. The molecule has 0 bridgehead atoms. The molecule has 22 heavy (non-hydrogen) atoms. The van der Waals surface area contributed by atoms with Crippen LogP contribution < -0.4 is 10.2 Å². The largest absolute Gasteiger partial charge is 0.394 e. The van der Waals surface area contributed by atoms with Gasteiger partial charge >= 0.3 is 6.03 Å². The Labute approximate surface area is 128 Å². The molecule has 1 aliphatic rings. The number of aromatic nitrogens is 3. The molecular formula is C14H20N6O2. The number of aliphatic hydroxyl groups is 1. The van der Waals surface area contributed by atoms with Gasteiger partial charge in [-0.2, -0.15) is 9.61 Å². The summed E-state index contributed by atoms with van der Waals surface area (Å²) in [4.78, 5) is 20.2. The van der Waals surface area contributed by atoms with Crippen LogP contribution in [0.15, 0.2) is 12.1 Å². The van der Waals surface area contributed by atoms with E-state index in [4.69, 9.17) is 0 Å². The summed E-state index contributed by atoms with van der Waals surface area (Å²) in [7, 11) is 3.82. The molecule has 2 amide bonds. The van der Waals surface area contributed by atoms with E-state index in [0.29, 0.717) is 18.0 Å². The molecule has 0 aliphatic carbocycles. The van der Waals surface area contributed by atoms with Crippen LogP contribution in [0.2, 0.25) is 0 Å². The zero-order valence-electron chi connectivity index (χ0n) is 12.9. The van der Waals surface area contributed by atoms with Crippen LogP contribution in [0.25, 0.3) is 5.65 Å². The van der Waals surface area contributed by atoms with Crippen LogP contribution >= 0.6 is 0 Å². The summed E-state index contributed by atoms with van der Waals surface area (Å²) >= 11 is 0. The number of carbonyl (C=O) groups excluding carboxylic acids is 1. The number of urea groups is 1. The molecule has 0 saturated carbocycles. The maximum atomic E-state index is 12.2. The summed E-state index contributed by atoms with van der Waals surface area (Å²) in [6.07, 6.45) is 0.834. The van der Waals surface area contributed by atoms with Crippen molar-refractivity contribution >= 4 is 23.3 Å². The molecule has 0 spiro atoms. The van der Waals surface area contributed by atoms with E-state index in [0.717, 1.165) is 17.9 Å². The van der Waals surface area contributed by atoms with Crippen LogP contribution in [0.5, 0.6) is 0 Å². The number of nitrogens with one attached hydrogen (secondary N) is 1. The molecule has 3 heterocycles. The van der Waals surface area contributed by atoms with Crippen molar-refractivity contribution in [2.45, 2.75) is 19.4 Å². The number of likely N-dealkylation sites (tertiary alicyclic amines) is 1. The van der Waals surface area contributed by atoms with E-state index in [9.17, 15) is 9.90 Å². The molecule has 2 aromatic heterocycles. The van der Waals surface area contributed by atoms with Crippen molar-refractivity contribution in [1.82, 2.24) is 19.5 Å². The summed E-state index contributed by atoms with van der Waals surface area (Å²) in [5.74, 6) is 1.31. The minimum atomic E-state index is -0.233. The topological polar surface area (TPSA) is 86.0 Å². The molecule has 1 unspecified atom stereocenters. The van der Waals surface area contributed by atoms with Crippen molar-refractivity contribution in [2.75, 3.05) is 37.5 Å². The van der Waals surface area contributed by atoms with E-state index < -0.39 is 0 Å². The van der Waals surface area contributed by atoms with E-state index in [1.54, 1.807) is 15.5 Å². The highest BCUT2D eigenvalue weighted by Crippen LogP contribution is 2.21. The number of anilines is 2. The van der Waals surface area contributed by atoms with Crippen LogP contribution in [0.3, 0.4) is 0 Å². The highest BCUT2D eigenvalue weighted by molar-refractivity contribution is 5.89. The van der Waals surface area contributed by atoms with E-state index in [-0.39, 0.29) is 18.7 Å². The average molecular weight is 304 g/mol. The van der Waals surface area contributed by atoms with Gasteiger partial charge in [0.1, 0.15) is 11.6 Å². The lowest BCUT2D eigenvalue weighted by Gasteiger charge is -2.39. The van der Waals surface area contributed by atoms with Crippen molar-refractivity contribution in [2.24, 2.45) is 0 Å². The third-order valence-corrected chi connectivity index (χ3v) is 3.84. The van der Waals surface area contributed by atoms with Gasteiger partial charge in [-0.05, 0) is 13.3 Å². The Kier molecular flexibility index (Phi) is 3.61. The van der Waals surface area contributed by atoms with Crippen molar-refractivity contribution < 1.29 is 9.90 Å². The molecule has 1 aliphatic heterocycles. The monoisotopic (exact) mass is 304 g/mol. The standard InChI is InChI=1S/C14H20N6O2/c1-9-6-12-15-11(7-13(18(2)3)20(12)17-9)16-14(22)19-5-4-10(19)8-21/h6-7,10,21H,4-5,8H2,1-3H3,(H,15,16,22). The molecule has 2 N–H and O–H groups in total. The predicted octanol–water partition coefficient (Wildman–Crippen LogP) is 0.702. The molecular weight excluding hydrogens is 284 g/mol. The molecule has 0 aromatic carbocycles. The number of hydrogen-bond donors (Lipinski definition) is 2. The second-order valence-corrected chi connectivity index (χ2v) is 5.70. The van der Waals surface area contributed by atoms with Crippen molar-refractivity contribution in [3.8, 4) is 0 Å². The molecule has 1 fully saturated rings. The lowest BCUT2D eigenvalue weighted by Crippen LogP contribution is -2.54. The molecule has 8 heteroatoms. The molecule has 3 rings (SSSR count). The summed E-state index contributed by atoms with van der Waals surface area (Å²) in [5.41, 5.74) is 1.54. The minimum Gasteiger partial charge on any atom is -0.394 e. The zero-order valence-corrected chi connectivity index (χ0v) is 12.9. The van der Waals surface area contributed by atoms with Gasteiger partial charge in [0.2, 0.25) is 0 Å². The van der Waals surface area contributed by atoms with Gasteiger partial charge in [-0.25, -0.2) is 9.78 Å². The first-order chi connectivity index (χ1) is 10.5. The number of nitrogens with zero attached hydrogens (tertiary/aromatic N) is 5. The Hall–Kier alpha value is -2.35. The second-order valence-electron chi connectivity index (χ2n) is 5.70. The van der Waals surface area contributed by atoms with E-state index >= 15 is 0 Å². The number of aliphatic hydroxyl groups excluding tert-OH is 1.